The summed E-state index contributed by atoms with van der Waals surface area (Å²) in [5.41, 5.74) is 1.41. The smallest absolute Gasteiger partial charge is 0.320 e. The van der Waals surface area contributed by atoms with Gasteiger partial charge in [0, 0.05) is 0 Å². The first-order chi connectivity index (χ1) is 6.43. The zero-order chi connectivity index (χ0) is 8.67. The Morgan fingerprint density at radius 3 is 2.79 bits per heavy atom. The monoisotopic (exact) mass is 276 g/mol. The topological polar surface area (TPSA) is 0 Å². The van der Waals surface area contributed by atoms with Crippen LogP contribution in [0.2, 0.25) is 0 Å². The molecule has 0 aliphatic heterocycles. The van der Waals surface area contributed by atoms with Crippen molar-refractivity contribution in [3.63, 3.8) is 0 Å². The average molecular weight is 277 g/mol. The molecule has 0 unspecified atom stereocenters. The molecular formula is C13H14Pd. The van der Waals surface area contributed by atoms with Crippen molar-refractivity contribution in [2.24, 2.45) is 11.8 Å². The van der Waals surface area contributed by atoms with Gasteiger partial charge in [-0.2, -0.15) is 47.7 Å². The largest absolute Gasteiger partial charge is 2.00 e. The molecule has 2 fully saturated rings. The maximum absolute atomic E-state index is 3.36. The fraction of sp³-hybridized carbons (Fsp3) is 0.462. The predicted octanol–water partition coefficient (Wildman–Crippen LogP) is 3.20. The molecule has 1 aromatic carbocycles. The molecule has 0 heterocycles. The molecule has 2 saturated carbocycles. The standard InChI is InChI=1S/C13H14.Pd/c1-2-4-11(5-3-1)13-9-10-6-7-12(13)8-10;/h1-4,9-10,12-13H,6-8H2;/q-2;+2/t10-,12+,13-;/m0./s1. The third-order valence-corrected chi connectivity index (χ3v) is 3.59. The molecule has 2 aliphatic carbocycles. The summed E-state index contributed by atoms with van der Waals surface area (Å²) in [6.45, 7) is 0. The number of fused-ring (bicyclic) bond motifs is 2. The van der Waals surface area contributed by atoms with Crippen LogP contribution < -0.4 is 0 Å². The summed E-state index contributed by atoms with van der Waals surface area (Å²) in [4.78, 5) is 0. The molecule has 2 bridgehead atoms. The van der Waals surface area contributed by atoms with Gasteiger partial charge >= 0.3 is 20.4 Å². The second-order valence-electron chi connectivity index (χ2n) is 4.37. The van der Waals surface area contributed by atoms with Crippen LogP contribution >= 0.6 is 0 Å². The van der Waals surface area contributed by atoms with E-state index < -0.39 is 0 Å². The van der Waals surface area contributed by atoms with Crippen LogP contribution in [0, 0.1) is 24.3 Å². The fourth-order valence-corrected chi connectivity index (χ4v) is 2.98. The van der Waals surface area contributed by atoms with Gasteiger partial charge in [-0.05, 0) is 0 Å². The summed E-state index contributed by atoms with van der Waals surface area (Å²) < 4.78 is 0. The molecule has 0 saturated heterocycles. The van der Waals surface area contributed by atoms with Crippen LogP contribution in [0.1, 0.15) is 30.7 Å². The average Bonchev–Trinajstić information content (AvgIpc) is 2.80. The van der Waals surface area contributed by atoms with Crippen LogP contribution in [-0.2, 0) is 20.4 Å². The molecule has 1 aromatic rings. The Morgan fingerprint density at radius 2 is 2.21 bits per heavy atom. The Kier molecular flexibility index (Phi) is 3.10. The molecular weight excluding hydrogens is 263 g/mol. The van der Waals surface area contributed by atoms with Crippen molar-refractivity contribution in [1.82, 2.24) is 0 Å². The molecule has 3 rings (SSSR count). The Hall–Kier alpha value is -0.118. The first-order valence-electron chi connectivity index (χ1n) is 5.25. The maximum atomic E-state index is 3.36. The second kappa shape index (κ2) is 4.17. The van der Waals surface area contributed by atoms with Gasteiger partial charge in [0.15, 0.2) is 0 Å². The fourth-order valence-electron chi connectivity index (χ4n) is 2.98. The quantitative estimate of drug-likeness (QED) is 0.546. The molecule has 0 nitrogen and oxygen atoms in total. The Balaban J connectivity index is 0.000000750. The second-order valence-corrected chi connectivity index (χ2v) is 4.37. The van der Waals surface area contributed by atoms with Gasteiger partial charge in [-0.15, -0.1) is 0 Å². The van der Waals surface area contributed by atoms with Crippen LogP contribution in [0.4, 0.5) is 0 Å². The van der Waals surface area contributed by atoms with Gasteiger partial charge in [-0.25, -0.2) is 0 Å². The van der Waals surface area contributed by atoms with Gasteiger partial charge in [0.05, 0.1) is 0 Å². The zero-order valence-corrected chi connectivity index (χ0v) is 9.61. The normalized spacial score (nSPS) is 34.1. The van der Waals surface area contributed by atoms with E-state index in [9.17, 15) is 0 Å². The minimum absolute atomic E-state index is 0. The Bertz CT molecular complexity index is 293. The summed E-state index contributed by atoms with van der Waals surface area (Å²) in [6, 6.07) is 11.8. The van der Waals surface area contributed by atoms with E-state index in [2.05, 4.69) is 30.7 Å². The van der Waals surface area contributed by atoms with E-state index in [1.54, 1.807) is 0 Å². The number of benzene rings is 1. The van der Waals surface area contributed by atoms with E-state index in [4.69, 9.17) is 0 Å². The van der Waals surface area contributed by atoms with Crippen LogP contribution in [0.15, 0.2) is 24.3 Å². The molecule has 1 heteroatoms. The van der Waals surface area contributed by atoms with Crippen molar-refractivity contribution in [3.8, 4) is 0 Å². The summed E-state index contributed by atoms with van der Waals surface area (Å²) in [6.07, 6.45) is 6.87. The van der Waals surface area contributed by atoms with E-state index in [1.165, 1.54) is 24.8 Å². The van der Waals surface area contributed by atoms with Crippen molar-refractivity contribution >= 4 is 0 Å². The molecule has 0 spiro atoms. The summed E-state index contributed by atoms with van der Waals surface area (Å²) in [5.74, 6) is 2.58. The van der Waals surface area contributed by atoms with E-state index in [-0.39, 0.29) is 20.4 Å². The summed E-state index contributed by atoms with van der Waals surface area (Å²) in [5, 5.41) is 0. The predicted molar refractivity (Wildman–Crippen MR) is 53.2 cm³/mol. The molecule has 0 N–H and O–H groups in total. The molecule has 76 valence electrons. The Labute approximate surface area is 99.8 Å². The van der Waals surface area contributed by atoms with Crippen molar-refractivity contribution in [2.45, 2.75) is 25.2 Å². The first kappa shape index (κ1) is 10.4. The molecule has 14 heavy (non-hydrogen) atoms. The number of hydrogen-bond donors (Lipinski definition) is 0. The van der Waals surface area contributed by atoms with Gasteiger partial charge in [0.1, 0.15) is 0 Å². The number of rotatable bonds is 1. The van der Waals surface area contributed by atoms with Crippen LogP contribution in [0.5, 0.6) is 0 Å². The number of hydrogen-bond acceptors (Lipinski definition) is 0. The van der Waals surface area contributed by atoms with E-state index in [0.29, 0.717) is 0 Å². The maximum Gasteiger partial charge on any atom is 2.00 e. The van der Waals surface area contributed by atoms with Crippen LogP contribution in [0.3, 0.4) is 0 Å². The summed E-state index contributed by atoms with van der Waals surface area (Å²) in [7, 11) is 0. The van der Waals surface area contributed by atoms with E-state index >= 15 is 0 Å². The van der Waals surface area contributed by atoms with E-state index in [0.717, 1.165) is 17.8 Å². The van der Waals surface area contributed by atoms with Crippen LogP contribution in [0.25, 0.3) is 0 Å². The third kappa shape index (κ3) is 1.69. The molecule has 0 aromatic heterocycles. The third-order valence-electron chi connectivity index (χ3n) is 3.59. The van der Waals surface area contributed by atoms with Crippen LogP contribution in [-0.4, -0.2) is 0 Å². The Morgan fingerprint density at radius 1 is 1.29 bits per heavy atom. The molecule has 0 radical (unpaired) electrons. The minimum Gasteiger partial charge on any atom is -0.320 e. The zero-order valence-electron chi connectivity index (χ0n) is 8.06. The SMILES string of the molecule is [Pd+2].[c-]1ccccc1[C@@H]1[CH-][C@H]2CC[C@@H]1C2. The summed E-state index contributed by atoms with van der Waals surface area (Å²) >= 11 is 0. The van der Waals surface area contributed by atoms with Crippen molar-refractivity contribution in [3.05, 3.63) is 42.3 Å². The van der Waals surface area contributed by atoms with Gasteiger partial charge in [-0.3, -0.25) is 0 Å². The minimum atomic E-state index is 0. The molecule has 2 aliphatic rings. The molecule has 3 atom stereocenters. The van der Waals surface area contributed by atoms with Gasteiger partial charge < -0.3 is 6.42 Å². The van der Waals surface area contributed by atoms with Gasteiger partial charge in [-0.1, -0.05) is 25.2 Å². The molecule has 0 amide bonds. The van der Waals surface area contributed by atoms with Gasteiger partial charge in [0.25, 0.3) is 0 Å². The van der Waals surface area contributed by atoms with Crippen molar-refractivity contribution < 1.29 is 20.4 Å². The van der Waals surface area contributed by atoms with Crippen molar-refractivity contribution in [1.29, 1.82) is 0 Å². The van der Waals surface area contributed by atoms with Gasteiger partial charge in [0.2, 0.25) is 0 Å². The van der Waals surface area contributed by atoms with E-state index in [1.807, 2.05) is 6.07 Å². The first-order valence-corrected chi connectivity index (χ1v) is 5.25. The van der Waals surface area contributed by atoms with Crippen molar-refractivity contribution in [2.75, 3.05) is 0 Å².